The van der Waals surface area contributed by atoms with Crippen LogP contribution in [0.4, 0.5) is 21.5 Å². The molecule has 1 heterocycles. The summed E-state index contributed by atoms with van der Waals surface area (Å²) in [5.41, 5.74) is 2.83. The number of imide groups is 1. The highest BCUT2D eigenvalue weighted by Crippen LogP contribution is 2.38. The van der Waals surface area contributed by atoms with E-state index in [0.29, 0.717) is 28.4 Å². The second kappa shape index (κ2) is 9.19. The lowest BCUT2D eigenvalue weighted by Crippen LogP contribution is -2.32. The van der Waals surface area contributed by atoms with Gasteiger partial charge in [-0.25, -0.2) is 9.29 Å². The van der Waals surface area contributed by atoms with Gasteiger partial charge in [0.1, 0.15) is 17.3 Å². The zero-order valence-electron chi connectivity index (χ0n) is 18.8. The molecule has 0 radical (unpaired) electrons. The van der Waals surface area contributed by atoms with Crippen molar-refractivity contribution in [2.45, 2.75) is 13.8 Å². The van der Waals surface area contributed by atoms with Crippen LogP contribution in [0.15, 0.2) is 72.4 Å². The molecule has 1 aliphatic heterocycles. The number of aryl methyl sites for hydroxylation is 1. The molecule has 3 aromatic carbocycles. The summed E-state index contributed by atoms with van der Waals surface area (Å²) in [6, 6.07) is 17.3. The summed E-state index contributed by atoms with van der Waals surface area (Å²) in [6.07, 6.45) is 0. The van der Waals surface area contributed by atoms with Crippen LogP contribution in [-0.2, 0) is 14.4 Å². The summed E-state index contributed by atoms with van der Waals surface area (Å²) < 4.78 is 19.0. The Morgan fingerprint density at radius 2 is 1.56 bits per heavy atom. The third kappa shape index (κ3) is 4.38. The van der Waals surface area contributed by atoms with Gasteiger partial charge in [0.2, 0.25) is 5.91 Å². The van der Waals surface area contributed by atoms with Crippen LogP contribution in [0.1, 0.15) is 18.1 Å². The average molecular weight is 459 g/mol. The number of hydrogen-bond acceptors (Lipinski definition) is 5. The molecule has 172 valence electrons. The van der Waals surface area contributed by atoms with Crippen LogP contribution in [0, 0.1) is 12.7 Å². The number of rotatable bonds is 6. The molecule has 1 aliphatic rings. The van der Waals surface area contributed by atoms with Crippen molar-refractivity contribution in [2.75, 3.05) is 22.6 Å². The van der Waals surface area contributed by atoms with Gasteiger partial charge >= 0.3 is 0 Å². The standard InChI is InChI=1S/C26H22FN3O4/c1-15-4-13-22(34-3)21(14-15)30-25(32)23(17-5-7-18(27)8-6-17)24(26(30)33)29-20-11-9-19(10-12-20)28-16(2)31/h4-14,29H,1-3H3,(H,28,31). The first-order valence-electron chi connectivity index (χ1n) is 10.5. The van der Waals surface area contributed by atoms with Gasteiger partial charge < -0.3 is 15.4 Å². The normalized spacial score (nSPS) is 13.4. The van der Waals surface area contributed by atoms with Crippen molar-refractivity contribution in [3.05, 3.63) is 89.4 Å². The summed E-state index contributed by atoms with van der Waals surface area (Å²) in [5, 5.41) is 5.71. The number of nitrogens with zero attached hydrogens (tertiary/aromatic N) is 1. The van der Waals surface area contributed by atoms with Crippen LogP contribution in [0.2, 0.25) is 0 Å². The predicted octanol–water partition coefficient (Wildman–Crippen LogP) is 4.50. The predicted molar refractivity (Wildman–Crippen MR) is 128 cm³/mol. The highest BCUT2D eigenvalue weighted by molar-refractivity contribution is 6.46. The molecule has 0 atom stereocenters. The Morgan fingerprint density at radius 3 is 2.18 bits per heavy atom. The van der Waals surface area contributed by atoms with Crippen molar-refractivity contribution >= 4 is 40.4 Å². The maximum atomic E-state index is 13.6. The van der Waals surface area contributed by atoms with Crippen LogP contribution in [0.3, 0.4) is 0 Å². The smallest absolute Gasteiger partial charge is 0.282 e. The minimum Gasteiger partial charge on any atom is -0.495 e. The largest absolute Gasteiger partial charge is 0.495 e. The summed E-state index contributed by atoms with van der Waals surface area (Å²) in [5.74, 6) is -1.42. The Labute approximate surface area is 195 Å². The van der Waals surface area contributed by atoms with Crippen molar-refractivity contribution in [3.63, 3.8) is 0 Å². The summed E-state index contributed by atoms with van der Waals surface area (Å²) in [6.45, 7) is 3.25. The van der Waals surface area contributed by atoms with Gasteiger partial charge in [0.05, 0.1) is 18.4 Å². The maximum Gasteiger partial charge on any atom is 0.282 e. The molecule has 3 amide bonds. The van der Waals surface area contributed by atoms with E-state index in [-0.39, 0.29) is 17.2 Å². The van der Waals surface area contributed by atoms with Crippen molar-refractivity contribution in [2.24, 2.45) is 0 Å². The summed E-state index contributed by atoms with van der Waals surface area (Å²) >= 11 is 0. The number of methoxy groups -OCH3 is 1. The molecular formula is C26H22FN3O4. The zero-order valence-corrected chi connectivity index (χ0v) is 18.8. The third-order valence-electron chi connectivity index (χ3n) is 5.27. The van der Waals surface area contributed by atoms with Gasteiger partial charge in [-0.3, -0.25) is 14.4 Å². The number of carbonyl (C=O) groups is 3. The van der Waals surface area contributed by atoms with Crippen molar-refractivity contribution in [3.8, 4) is 5.75 Å². The van der Waals surface area contributed by atoms with Crippen LogP contribution < -0.4 is 20.3 Å². The van der Waals surface area contributed by atoms with E-state index < -0.39 is 17.6 Å². The van der Waals surface area contributed by atoms with Gasteiger partial charge in [-0.1, -0.05) is 18.2 Å². The Balaban J connectivity index is 1.78. The minimum atomic E-state index is -0.570. The fourth-order valence-electron chi connectivity index (χ4n) is 3.71. The molecule has 0 bridgehead atoms. The molecule has 0 spiro atoms. The Kier molecular flexibility index (Phi) is 6.14. The van der Waals surface area contributed by atoms with Crippen molar-refractivity contribution in [1.82, 2.24) is 0 Å². The number of halogens is 1. The summed E-state index contributed by atoms with van der Waals surface area (Å²) in [7, 11) is 1.46. The average Bonchev–Trinajstić information content (AvgIpc) is 3.04. The maximum absolute atomic E-state index is 13.6. The lowest BCUT2D eigenvalue weighted by molar-refractivity contribution is -0.120. The van der Waals surface area contributed by atoms with Crippen molar-refractivity contribution in [1.29, 1.82) is 0 Å². The van der Waals surface area contributed by atoms with Gasteiger partial charge in [0.15, 0.2) is 0 Å². The number of carbonyl (C=O) groups excluding carboxylic acids is 3. The van der Waals surface area contributed by atoms with Gasteiger partial charge in [-0.2, -0.15) is 0 Å². The van der Waals surface area contributed by atoms with E-state index in [4.69, 9.17) is 4.74 Å². The topological polar surface area (TPSA) is 87.7 Å². The molecule has 0 unspecified atom stereocenters. The number of benzene rings is 3. The first-order valence-corrected chi connectivity index (χ1v) is 10.5. The Bertz CT molecular complexity index is 1310. The molecule has 0 fully saturated rings. The molecule has 2 N–H and O–H groups in total. The fraction of sp³-hybridized carbons (Fsp3) is 0.115. The van der Waals surface area contributed by atoms with E-state index in [9.17, 15) is 18.8 Å². The first-order chi connectivity index (χ1) is 16.3. The number of anilines is 3. The number of hydrogen-bond donors (Lipinski definition) is 2. The van der Waals surface area contributed by atoms with Crippen LogP contribution in [-0.4, -0.2) is 24.8 Å². The van der Waals surface area contributed by atoms with E-state index in [1.165, 1.54) is 38.3 Å². The molecular weight excluding hydrogens is 437 g/mol. The first kappa shape index (κ1) is 22.7. The lowest BCUT2D eigenvalue weighted by atomic mass is 10.0. The third-order valence-corrected chi connectivity index (χ3v) is 5.27. The Hall–Kier alpha value is -4.46. The quantitative estimate of drug-likeness (QED) is 0.530. The van der Waals surface area contributed by atoms with Crippen LogP contribution in [0.5, 0.6) is 5.75 Å². The minimum absolute atomic E-state index is 0.0486. The van der Waals surface area contributed by atoms with E-state index in [0.717, 1.165) is 10.5 Å². The molecule has 8 heteroatoms. The van der Waals surface area contributed by atoms with E-state index in [2.05, 4.69) is 10.6 Å². The number of nitrogens with one attached hydrogen (secondary N) is 2. The van der Waals surface area contributed by atoms with Crippen molar-refractivity contribution < 1.29 is 23.5 Å². The molecule has 0 aliphatic carbocycles. The SMILES string of the molecule is COc1ccc(C)cc1N1C(=O)C(Nc2ccc(NC(C)=O)cc2)=C(c2ccc(F)cc2)C1=O. The highest BCUT2D eigenvalue weighted by Gasteiger charge is 2.41. The molecule has 0 saturated heterocycles. The van der Waals surface area contributed by atoms with Crippen LogP contribution in [0.25, 0.3) is 5.57 Å². The second-order valence-corrected chi connectivity index (χ2v) is 7.76. The fourth-order valence-corrected chi connectivity index (χ4v) is 3.71. The van der Waals surface area contributed by atoms with Gasteiger partial charge in [-0.15, -0.1) is 0 Å². The van der Waals surface area contributed by atoms with E-state index in [1.807, 2.05) is 13.0 Å². The van der Waals surface area contributed by atoms with Gasteiger partial charge in [0, 0.05) is 18.3 Å². The number of amides is 3. The number of ether oxygens (including phenoxy) is 1. The second-order valence-electron chi connectivity index (χ2n) is 7.76. The molecule has 3 aromatic rings. The lowest BCUT2D eigenvalue weighted by Gasteiger charge is -2.19. The summed E-state index contributed by atoms with van der Waals surface area (Å²) in [4.78, 5) is 39.5. The van der Waals surface area contributed by atoms with Gasteiger partial charge in [0.25, 0.3) is 11.8 Å². The molecule has 0 saturated carbocycles. The van der Waals surface area contributed by atoms with Crippen LogP contribution >= 0.6 is 0 Å². The van der Waals surface area contributed by atoms with E-state index in [1.54, 1.807) is 36.4 Å². The highest BCUT2D eigenvalue weighted by atomic mass is 19.1. The van der Waals surface area contributed by atoms with Gasteiger partial charge in [-0.05, 0) is 66.6 Å². The molecule has 7 nitrogen and oxygen atoms in total. The monoisotopic (exact) mass is 459 g/mol. The molecule has 34 heavy (non-hydrogen) atoms. The van der Waals surface area contributed by atoms with E-state index >= 15 is 0 Å². The molecule has 0 aromatic heterocycles. The molecule has 4 rings (SSSR count). The Morgan fingerprint density at radius 1 is 0.912 bits per heavy atom. The zero-order chi connectivity index (χ0) is 24.4.